The number of nitrogens with zero attached hydrogens (tertiary/aromatic N) is 2. The van der Waals surface area contributed by atoms with Crippen molar-refractivity contribution >= 4 is 17.6 Å². The third kappa shape index (κ3) is 2.72. The summed E-state index contributed by atoms with van der Waals surface area (Å²) in [6.07, 6.45) is 2.25. The second kappa shape index (κ2) is 4.82. The third-order valence-electron chi connectivity index (χ3n) is 2.58. The van der Waals surface area contributed by atoms with Crippen molar-refractivity contribution in [2.75, 3.05) is 25.4 Å². The quantitative estimate of drug-likeness (QED) is 0.693. The van der Waals surface area contributed by atoms with E-state index in [1.165, 1.54) is 17.2 Å². The van der Waals surface area contributed by atoms with Gasteiger partial charge in [-0.05, 0) is 18.6 Å². The second-order valence-electron chi connectivity index (χ2n) is 3.90. The lowest BCUT2D eigenvalue weighted by Gasteiger charge is -2.18. The minimum absolute atomic E-state index is 0.0983. The van der Waals surface area contributed by atoms with Crippen molar-refractivity contribution in [2.45, 2.75) is 6.42 Å². The van der Waals surface area contributed by atoms with E-state index in [9.17, 15) is 9.59 Å². The monoisotopic (exact) mass is 234 g/mol. The summed E-state index contributed by atoms with van der Waals surface area (Å²) in [6.45, 7) is 1.28. The number of nitrogens with one attached hydrogen (secondary N) is 1. The molecule has 1 fully saturated rings. The first kappa shape index (κ1) is 11.4. The fourth-order valence-corrected chi connectivity index (χ4v) is 1.74. The summed E-state index contributed by atoms with van der Waals surface area (Å²) < 4.78 is 0. The van der Waals surface area contributed by atoms with Gasteiger partial charge in [0.05, 0.1) is 6.54 Å². The van der Waals surface area contributed by atoms with Crippen molar-refractivity contribution in [2.24, 2.45) is 0 Å². The molecule has 2 rings (SSSR count). The normalized spacial score (nSPS) is 16.2. The van der Waals surface area contributed by atoms with Gasteiger partial charge in [0.1, 0.15) is 5.82 Å². The fourth-order valence-electron chi connectivity index (χ4n) is 1.74. The van der Waals surface area contributed by atoms with Crippen LogP contribution in [0, 0.1) is 0 Å². The highest BCUT2D eigenvalue weighted by molar-refractivity contribution is 5.97. The number of anilines is 1. The zero-order valence-corrected chi connectivity index (χ0v) is 9.35. The number of nitrogens with two attached hydrogens (primary N) is 1. The van der Waals surface area contributed by atoms with Crippen molar-refractivity contribution in [3.05, 3.63) is 23.9 Å². The predicted molar refractivity (Wildman–Crippen MR) is 62.2 cm³/mol. The molecule has 0 spiro atoms. The average molecular weight is 234 g/mol. The molecule has 2 amide bonds. The molecular formula is C11H14N4O2. The van der Waals surface area contributed by atoms with Crippen molar-refractivity contribution < 1.29 is 9.59 Å². The summed E-state index contributed by atoms with van der Waals surface area (Å²) >= 11 is 0. The lowest BCUT2D eigenvalue weighted by Crippen LogP contribution is -2.37. The Morgan fingerprint density at radius 2 is 2.35 bits per heavy atom. The Morgan fingerprint density at radius 1 is 1.53 bits per heavy atom. The van der Waals surface area contributed by atoms with Gasteiger partial charge in [-0.3, -0.25) is 9.59 Å². The Balaban J connectivity index is 2.16. The Labute approximate surface area is 98.8 Å². The lowest BCUT2D eigenvalue weighted by atomic mass is 10.2. The molecular weight excluding hydrogens is 220 g/mol. The minimum Gasteiger partial charge on any atom is -0.384 e. The molecule has 1 saturated heterocycles. The Kier molecular flexibility index (Phi) is 3.22. The average Bonchev–Trinajstić information content (AvgIpc) is 2.53. The van der Waals surface area contributed by atoms with Gasteiger partial charge in [-0.1, -0.05) is 0 Å². The first-order valence-electron chi connectivity index (χ1n) is 5.44. The summed E-state index contributed by atoms with van der Waals surface area (Å²) in [4.78, 5) is 28.8. The zero-order chi connectivity index (χ0) is 12.3. The van der Waals surface area contributed by atoms with Crippen LogP contribution in [0.15, 0.2) is 18.3 Å². The largest absolute Gasteiger partial charge is 0.384 e. The van der Waals surface area contributed by atoms with Crippen molar-refractivity contribution in [1.82, 2.24) is 15.2 Å². The molecule has 1 aliphatic heterocycles. The predicted octanol–water partition coefficient (Wildman–Crippen LogP) is -0.374. The van der Waals surface area contributed by atoms with Gasteiger partial charge in [-0.15, -0.1) is 0 Å². The van der Waals surface area contributed by atoms with Gasteiger partial charge >= 0.3 is 0 Å². The highest BCUT2D eigenvalue weighted by Crippen LogP contribution is 2.08. The molecule has 0 unspecified atom stereocenters. The van der Waals surface area contributed by atoms with Gasteiger partial charge in [0, 0.05) is 24.8 Å². The summed E-state index contributed by atoms with van der Waals surface area (Å²) in [5.41, 5.74) is 5.99. The van der Waals surface area contributed by atoms with Crippen LogP contribution in [-0.2, 0) is 4.79 Å². The van der Waals surface area contributed by atoms with Crippen LogP contribution in [0.3, 0.4) is 0 Å². The summed E-state index contributed by atoms with van der Waals surface area (Å²) in [7, 11) is 0. The maximum atomic E-state index is 12.1. The molecule has 0 aliphatic carbocycles. The minimum atomic E-state index is -0.184. The van der Waals surface area contributed by atoms with Crippen LogP contribution in [0.25, 0.3) is 0 Å². The molecule has 3 N–H and O–H groups in total. The molecule has 90 valence electrons. The molecule has 0 bridgehead atoms. The van der Waals surface area contributed by atoms with Gasteiger partial charge in [-0.2, -0.15) is 0 Å². The van der Waals surface area contributed by atoms with Crippen molar-refractivity contribution in [3.8, 4) is 0 Å². The Morgan fingerprint density at radius 3 is 3.12 bits per heavy atom. The number of pyridine rings is 1. The van der Waals surface area contributed by atoms with E-state index in [0.29, 0.717) is 24.5 Å². The van der Waals surface area contributed by atoms with E-state index in [1.54, 1.807) is 6.07 Å². The van der Waals surface area contributed by atoms with Crippen LogP contribution in [0.4, 0.5) is 5.82 Å². The standard InChI is InChI=1S/C11H14N4O2/c12-9-6-8(2-4-13-9)11(17)15-5-1-3-14-10(16)7-15/h2,4,6H,1,3,5,7H2,(H2,12,13)(H,14,16). The smallest absolute Gasteiger partial charge is 0.254 e. The molecule has 17 heavy (non-hydrogen) atoms. The van der Waals surface area contributed by atoms with E-state index in [2.05, 4.69) is 10.3 Å². The highest BCUT2D eigenvalue weighted by Gasteiger charge is 2.20. The number of amides is 2. The van der Waals surface area contributed by atoms with E-state index < -0.39 is 0 Å². The number of hydrogen-bond donors (Lipinski definition) is 2. The van der Waals surface area contributed by atoms with Crippen LogP contribution in [0.5, 0.6) is 0 Å². The number of rotatable bonds is 1. The van der Waals surface area contributed by atoms with Crippen LogP contribution in [-0.4, -0.2) is 41.3 Å². The van der Waals surface area contributed by atoms with Gasteiger partial charge < -0.3 is 16.0 Å². The summed E-state index contributed by atoms with van der Waals surface area (Å²) in [6, 6.07) is 3.12. The number of nitrogen functional groups attached to an aromatic ring is 1. The molecule has 6 nitrogen and oxygen atoms in total. The molecule has 0 saturated carbocycles. The molecule has 6 heteroatoms. The SMILES string of the molecule is Nc1cc(C(=O)N2CCCNC(=O)C2)ccn1. The van der Waals surface area contributed by atoms with E-state index in [-0.39, 0.29) is 18.4 Å². The Hall–Kier alpha value is -2.11. The van der Waals surface area contributed by atoms with Crippen LogP contribution >= 0.6 is 0 Å². The topological polar surface area (TPSA) is 88.3 Å². The van der Waals surface area contributed by atoms with Crippen molar-refractivity contribution in [1.29, 1.82) is 0 Å². The zero-order valence-electron chi connectivity index (χ0n) is 9.35. The Bertz CT molecular complexity index is 447. The molecule has 2 heterocycles. The highest BCUT2D eigenvalue weighted by atomic mass is 16.2. The number of carbonyl (C=O) groups is 2. The molecule has 0 atom stereocenters. The van der Waals surface area contributed by atoms with Crippen LogP contribution in [0.1, 0.15) is 16.8 Å². The number of carbonyl (C=O) groups excluding carboxylic acids is 2. The molecule has 1 aliphatic rings. The second-order valence-corrected chi connectivity index (χ2v) is 3.90. The maximum absolute atomic E-state index is 12.1. The summed E-state index contributed by atoms with van der Waals surface area (Å²) in [5, 5.41) is 2.72. The van der Waals surface area contributed by atoms with E-state index >= 15 is 0 Å². The van der Waals surface area contributed by atoms with Gasteiger partial charge in [0.15, 0.2) is 0 Å². The summed E-state index contributed by atoms with van der Waals surface area (Å²) in [5.74, 6) is -0.0100. The van der Waals surface area contributed by atoms with Crippen LogP contribution in [0.2, 0.25) is 0 Å². The lowest BCUT2D eigenvalue weighted by molar-refractivity contribution is -0.121. The molecule has 0 radical (unpaired) electrons. The molecule has 0 aromatic carbocycles. The third-order valence-corrected chi connectivity index (χ3v) is 2.58. The molecule has 1 aromatic rings. The maximum Gasteiger partial charge on any atom is 0.254 e. The fraction of sp³-hybridized carbons (Fsp3) is 0.364. The van der Waals surface area contributed by atoms with Gasteiger partial charge in [-0.25, -0.2) is 4.98 Å². The number of hydrogen-bond acceptors (Lipinski definition) is 4. The van der Waals surface area contributed by atoms with E-state index in [0.717, 1.165) is 6.42 Å². The first-order valence-corrected chi connectivity index (χ1v) is 5.44. The van der Waals surface area contributed by atoms with Gasteiger partial charge in [0.25, 0.3) is 5.91 Å². The van der Waals surface area contributed by atoms with E-state index in [1.807, 2.05) is 0 Å². The molecule has 1 aromatic heterocycles. The number of aromatic nitrogens is 1. The first-order chi connectivity index (χ1) is 8.16. The van der Waals surface area contributed by atoms with Crippen LogP contribution < -0.4 is 11.1 Å². The van der Waals surface area contributed by atoms with Crippen molar-refractivity contribution in [3.63, 3.8) is 0 Å². The van der Waals surface area contributed by atoms with Gasteiger partial charge in [0.2, 0.25) is 5.91 Å². The van der Waals surface area contributed by atoms with E-state index in [4.69, 9.17) is 5.73 Å².